The summed E-state index contributed by atoms with van der Waals surface area (Å²) in [6, 6.07) is 17.7. The quantitative estimate of drug-likeness (QED) is 0.856. The smallest absolute Gasteiger partial charge is 0.0401 e. The van der Waals surface area contributed by atoms with Crippen LogP contribution in [0.5, 0.6) is 0 Å². The zero-order valence-corrected chi connectivity index (χ0v) is 12.8. The Balaban J connectivity index is 1.65. The number of nitrogens with two attached hydrogens (primary N) is 1. The average molecular weight is 280 g/mol. The van der Waals surface area contributed by atoms with Crippen molar-refractivity contribution in [1.29, 1.82) is 0 Å². The topological polar surface area (TPSA) is 29.3 Å². The first-order chi connectivity index (χ1) is 10.2. The second-order valence-corrected chi connectivity index (χ2v) is 6.06. The Kier molecular flexibility index (Phi) is 4.14. The maximum absolute atomic E-state index is 5.85. The summed E-state index contributed by atoms with van der Waals surface area (Å²) in [4.78, 5) is 2.57. The largest absolute Gasteiger partial charge is 0.399 e. The Morgan fingerprint density at radius 3 is 2.86 bits per heavy atom. The lowest BCUT2D eigenvalue weighted by Crippen LogP contribution is -2.38. The number of fused-ring (bicyclic) bond motifs is 1. The molecule has 0 fully saturated rings. The number of anilines is 2. The molecule has 1 unspecified atom stereocenters. The minimum atomic E-state index is 0.640. The van der Waals surface area contributed by atoms with Gasteiger partial charge in [-0.25, -0.2) is 0 Å². The number of benzene rings is 2. The average Bonchev–Trinajstić information content (AvgIpc) is 2.50. The van der Waals surface area contributed by atoms with E-state index in [1.807, 2.05) is 12.1 Å². The maximum Gasteiger partial charge on any atom is 0.0401 e. The molecular weight excluding hydrogens is 256 g/mol. The van der Waals surface area contributed by atoms with Crippen LogP contribution in [0.25, 0.3) is 0 Å². The van der Waals surface area contributed by atoms with Crippen molar-refractivity contribution >= 4 is 11.4 Å². The van der Waals surface area contributed by atoms with Crippen molar-refractivity contribution in [3.8, 4) is 0 Å². The van der Waals surface area contributed by atoms with Gasteiger partial charge in [-0.2, -0.15) is 0 Å². The number of rotatable bonds is 4. The van der Waals surface area contributed by atoms with E-state index in [1.54, 1.807) is 0 Å². The van der Waals surface area contributed by atoms with Gasteiger partial charge in [0.15, 0.2) is 0 Å². The lowest BCUT2D eigenvalue weighted by molar-refractivity contribution is 0.552. The van der Waals surface area contributed by atoms with E-state index in [0.29, 0.717) is 6.04 Å². The lowest BCUT2D eigenvalue weighted by atomic mass is 9.96. The van der Waals surface area contributed by atoms with Gasteiger partial charge in [0, 0.05) is 24.0 Å². The molecule has 2 N–H and O–H groups in total. The van der Waals surface area contributed by atoms with Crippen LogP contribution < -0.4 is 10.6 Å². The van der Waals surface area contributed by atoms with E-state index < -0.39 is 0 Å². The van der Waals surface area contributed by atoms with Gasteiger partial charge in [0.1, 0.15) is 0 Å². The first-order valence-corrected chi connectivity index (χ1v) is 7.93. The van der Waals surface area contributed by atoms with Crippen LogP contribution >= 0.6 is 0 Å². The van der Waals surface area contributed by atoms with Gasteiger partial charge in [0.2, 0.25) is 0 Å². The number of nitrogen functional groups attached to an aromatic ring is 1. The highest BCUT2D eigenvalue weighted by molar-refractivity contribution is 5.56. The van der Waals surface area contributed by atoms with Crippen molar-refractivity contribution in [1.82, 2.24) is 0 Å². The summed E-state index contributed by atoms with van der Waals surface area (Å²) in [5.74, 6) is 0. The lowest BCUT2D eigenvalue weighted by Gasteiger charge is -2.37. The highest BCUT2D eigenvalue weighted by Gasteiger charge is 2.21. The standard InChI is InChI=1S/C19H24N2/c1-15-11-12-17-8-2-3-10-19(17)21(15)13-5-7-16-6-4-9-18(20)14-16/h2-4,6,8-10,14-15H,5,7,11-13,20H2,1H3. The molecule has 2 heteroatoms. The molecule has 1 aliphatic rings. The molecule has 1 aliphatic heterocycles. The predicted octanol–water partition coefficient (Wildman–Crippen LogP) is 4.04. The molecule has 0 amide bonds. The molecule has 0 spiro atoms. The monoisotopic (exact) mass is 280 g/mol. The fourth-order valence-corrected chi connectivity index (χ4v) is 3.30. The van der Waals surface area contributed by atoms with Crippen LogP contribution in [-0.2, 0) is 12.8 Å². The fourth-order valence-electron chi connectivity index (χ4n) is 3.30. The summed E-state index contributed by atoms with van der Waals surface area (Å²) in [6.07, 6.45) is 4.73. The highest BCUT2D eigenvalue weighted by Crippen LogP contribution is 2.30. The normalized spacial score (nSPS) is 17.6. The number of nitrogens with zero attached hydrogens (tertiary/aromatic N) is 1. The molecule has 21 heavy (non-hydrogen) atoms. The van der Waals surface area contributed by atoms with Gasteiger partial charge in [0.05, 0.1) is 0 Å². The van der Waals surface area contributed by atoms with Crippen LogP contribution in [0.3, 0.4) is 0 Å². The summed E-state index contributed by atoms with van der Waals surface area (Å²) in [7, 11) is 0. The fraction of sp³-hybridized carbons (Fsp3) is 0.368. The molecule has 0 bridgehead atoms. The van der Waals surface area contributed by atoms with E-state index in [0.717, 1.165) is 18.7 Å². The van der Waals surface area contributed by atoms with Crippen molar-refractivity contribution in [2.24, 2.45) is 0 Å². The molecule has 1 heterocycles. The van der Waals surface area contributed by atoms with Crippen LogP contribution in [-0.4, -0.2) is 12.6 Å². The summed E-state index contributed by atoms with van der Waals surface area (Å²) in [5, 5.41) is 0. The van der Waals surface area contributed by atoms with Crippen LogP contribution in [0.2, 0.25) is 0 Å². The molecule has 110 valence electrons. The van der Waals surface area contributed by atoms with Crippen molar-refractivity contribution in [2.45, 2.75) is 38.6 Å². The van der Waals surface area contributed by atoms with Gasteiger partial charge in [-0.1, -0.05) is 30.3 Å². The molecule has 2 aromatic rings. The minimum absolute atomic E-state index is 0.640. The molecule has 0 saturated carbocycles. The van der Waals surface area contributed by atoms with E-state index in [-0.39, 0.29) is 0 Å². The first-order valence-electron chi connectivity index (χ1n) is 7.93. The van der Waals surface area contributed by atoms with Gasteiger partial charge >= 0.3 is 0 Å². The van der Waals surface area contributed by atoms with Crippen molar-refractivity contribution in [3.05, 3.63) is 59.7 Å². The number of para-hydroxylation sites is 1. The predicted molar refractivity (Wildman–Crippen MR) is 90.7 cm³/mol. The van der Waals surface area contributed by atoms with Crippen LogP contribution in [0.1, 0.15) is 30.9 Å². The molecule has 0 aromatic heterocycles. The van der Waals surface area contributed by atoms with Gasteiger partial charge in [-0.3, -0.25) is 0 Å². The third kappa shape index (κ3) is 3.21. The summed E-state index contributed by atoms with van der Waals surface area (Å²) < 4.78 is 0. The molecule has 2 nitrogen and oxygen atoms in total. The van der Waals surface area contributed by atoms with E-state index >= 15 is 0 Å². The minimum Gasteiger partial charge on any atom is -0.399 e. The van der Waals surface area contributed by atoms with Crippen LogP contribution in [0, 0.1) is 0 Å². The van der Waals surface area contributed by atoms with E-state index in [4.69, 9.17) is 5.73 Å². The number of hydrogen-bond acceptors (Lipinski definition) is 2. The molecule has 1 atom stereocenters. The summed E-state index contributed by atoms with van der Waals surface area (Å²) in [5.41, 5.74) is 11.0. The summed E-state index contributed by atoms with van der Waals surface area (Å²) in [6.45, 7) is 3.46. The van der Waals surface area contributed by atoms with Gasteiger partial charge in [0.25, 0.3) is 0 Å². The Bertz CT molecular complexity index is 606. The highest BCUT2D eigenvalue weighted by atomic mass is 15.2. The van der Waals surface area contributed by atoms with Crippen molar-refractivity contribution < 1.29 is 0 Å². The molecule has 0 aliphatic carbocycles. The Morgan fingerprint density at radius 1 is 1.14 bits per heavy atom. The maximum atomic E-state index is 5.85. The summed E-state index contributed by atoms with van der Waals surface area (Å²) >= 11 is 0. The molecule has 0 saturated heterocycles. The van der Waals surface area contributed by atoms with Gasteiger partial charge < -0.3 is 10.6 Å². The third-order valence-electron chi connectivity index (χ3n) is 4.48. The second kappa shape index (κ2) is 6.21. The zero-order valence-electron chi connectivity index (χ0n) is 12.8. The SMILES string of the molecule is CC1CCc2ccccc2N1CCCc1cccc(N)c1. The molecular formula is C19H24N2. The Labute approximate surface area is 127 Å². The van der Waals surface area contributed by atoms with E-state index in [2.05, 4.69) is 48.2 Å². The van der Waals surface area contributed by atoms with Crippen LogP contribution in [0.15, 0.2) is 48.5 Å². The molecule has 0 radical (unpaired) electrons. The van der Waals surface area contributed by atoms with E-state index in [9.17, 15) is 0 Å². The Morgan fingerprint density at radius 2 is 2.00 bits per heavy atom. The van der Waals surface area contributed by atoms with Gasteiger partial charge in [-0.05, 0) is 61.9 Å². The van der Waals surface area contributed by atoms with Crippen molar-refractivity contribution in [2.75, 3.05) is 17.2 Å². The number of hydrogen-bond donors (Lipinski definition) is 1. The third-order valence-corrected chi connectivity index (χ3v) is 4.48. The Hall–Kier alpha value is -1.96. The first kappa shape index (κ1) is 14.0. The zero-order chi connectivity index (χ0) is 14.7. The molecule has 3 rings (SSSR count). The van der Waals surface area contributed by atoms with E-state index in [1.165, 1.54) is 36.1 Å². The number of aryl methyl sites for hydroxylation is 2. The van der Waals surface area contributed by atoms with Gasteiger partial charge in [-0.15, -0.1) is 0 Å². The molecule has 2 aromatic carbocycles. The second-order valence-electron chi connectivity index (χ2n) is 6.06. The van der Waals surface area contributed by atoms with Crippen molar-refractivity contribution in [3.63, 3.8) is 0 Å². The van der Waals surface area contributed by atoms with Crippen LogP contribution in [0.4, 0.5) is 11.4 Å².